The smallest absolute Gasteiger partial charge is 0.304 e. The maximum atomic E-state index is 11.0. The molecule has 3 heteroatoms. The Morgan fingerprint density at radius 3 is 2.06 bits per heavy atom. The summed E-state index contributed by atoms with van der Waals surface area (Å²) in [7, 11) is 1.94. The van der Waals surface area contributed by atoms with Crippen LogP contribution in [-0.4, -0.2) is 24.2 Å². The minimum absolute atomic E-state index is 0.188. The largest absolute Gasteiger partial charge is 0.481 e. The van der Waals surface area contributed by atoms with E-state index in [1.807, 2.05) is 7.05 Å². The Morgan fingerprint density at radius 1 is 1.24 bits per heavy atom. The van der Waals surface area contributed by atoms with E-state index in [-0.39, 0.29) is 6.04 Å². The quantitative estimate of drug-likeness (QED) is 0.788. The molecule has 4 bridgehead atoms. The molecule has 1 unspecified atom stereocenters. The highest BCUT2D eigenvalue weighted by Crippen LogP contribution is 2.61. The first kappa shape index (κ1) is 11.5. The van der Waals surface area contributed by atoms with E-state index < -0.39 is 5.97 Å². The molecule has 4 aliphatic carbocycles. The van der Waals surface area contributed by atoms with Crippen LogP contribution in [0, 0.1) is 23.2 Å². The van der Waals surface area contributed by atoms with Gasteiger partial charge in [-0.05, 0) is 68.7 Å². The summed E-state index contributed by atoms with van der Waals surface area (Å²) in [5.41, 5.74) is 0.307. The number of rotatable bonds is 4. The molecule has 4 fully saturated rings. The Kier molecular flexibility index (Phi) is 2.69. The first-order valence-electron chi connectivity index (χ1n) is 7.00. The average molecular weight is 237 g/mol. The Hall–Kier alpha value is -0.570. The van der Waals surface area contributed by atoms with E-state index in [2.05, 4.69) is 5.32 Å². The van der Waals surface area contributed by atoms with Crippen molar-refractivity contribution in [2.24, 2.45) is 23.2 Å². The van der Waals surface area contributed by atoms with Gasteiger partial charge in [0.2, 0.25) is 0 Å². The van der Waals surface area contributed by atoms with Crippen LogP contribution < -0.4 is 5.32 Å². The summed E-state index contributed by atoms with van der Waals surface area (Å²) >= 11 is 0. The molecule has 0 radical (unpaired) electrons. The summed E-state index contributed by atoms with van der Waals surface area (Å²) in [6.45, 7) is 0. The molecule has 0 aromatic rings. The Morgan fingerprint density at radius 2 is 1.71 bits per heavy atom. The van der Waals surface area contributed by atoms with E-state index in [0.717, 1.165) is 17.8 Å². The first-order chi connectivity index (χ1) is 8.11. The second-order valence-corrected chi connectivity index (χ2v) is 6.72. The third-order valence-corrected chi connectivity index (χ3v) is 5.55. The van der Waals surface area contributed by atoms with Gasteiger partial charge in [0.1, 0.15) is 0 Å². The Balaban J connectivity index is 1.82. The molecule has 0 amide bonds. The van der Waals surface area contributed by atoms with Crippen molar-refractivity contribution in [2.75, 3.05) is 7.05 Å². The minimum atomic E-state index is -0.653. The van der Waals surface area contributed by atoms with Crippen LogP contribution >= 0.6 is 0 Å². The lowest BCUT2D eigenvalue weighted by atomic mass is 9.47. The van der Waals surface area contributed by atoms with Crippen LogP contribution in [0.15, 0.2) is 0 Å². The van der Waals surface area contributed by atoms with Gasteiger partial charge in [0.05, 0.1) is 6.42 Å². The van der Waals surface area contributed by atoms with Crippen LogP contribution in [0.4, 0.5) is 0 Å². The number of aliphatic carboxylic acids is 1. The molecule has 0 aliphatic heterocycles. The molecule has 96 valence electrons. The molecule has 0 heterocycles. The summed E-state index contributed by atoms with van der Waals surface area (Å²) < 4.78 is 0. The Labute approximate surface area is 103 Å². The highest BCUT2D eigenvalue weighted by atomic mass is 16.4. The standard InChI is InChI=1S/C14H23NO2/c1-15-12(5-13(16)17)14-6-9-2-10(7-14)4-11(3-9)8-14/h9-12,15H,2-8H2,1H3,(H,16,17). The lowest BCUT2D eigenvalue weighted by Crippen LogP contribution is -2.55. The minimum Gasteiger partial charge on any atom is -0.481 e. The van der Waals surface area contributed by atoms with Crippen LogP contribution in [0.2, 0.25) is 0 Å². The second kappa shape index (κ2) is 3.98. The predicted molar refractivity (Wildman–Crippen MR) is 65.7 cm³/mol. The van der Waals surface area contributed by atoms with Gasteiger partial charge in [-0.15, -0.1) is 0 Å². The van der Waals surface area contributed by atoms with Crippen LogP contribution in [0.25, 0.3) is 0 Å². The van der Waals surface area contributed by atoms with E-state index in [0.29, 0.717) is 11.8 Å². The fourth-order valence-electron chi connectivity index (χ4n) is 5.40. The molecule has 0 aromatic heterocycles. The summed E-state index contributed by atoms with van der Waals surface area (Å²) in [6.07, 6.45) is 8.38. The van der Waals surface area contributed by atoms with E-state index in [1.54, 1.807) is 0 Å². The molecule has 4 rings (SSSR count). The van der Waals surface area contributed by atoms with Gasteiger partial charge < -0.3 is 10.4 Å². The topological polar surface area (TPSA) is 49.3 Å². The molecular formula is C14H23NO2. The molecule has 3 nitrogen and oxygen atoms in total. The number of hydrogen-bond donors (Lipinski definition) is 2. The van der Waals surface area contributed by atoms with Crippen molar-refractivity contribution in [2.45, 2.75) is 51.0 Å². The van der Waals surface area contributed by atoms with Gasteiger partial charge in [-0.25, -0.2) is 0 Å². The van der Waals surface area contributed by atoms with E-state index in [9.17, 15) is 4.79 Å². The fraction of sp³-hybridized carbons (Fsp3) is 0.929. The zero-order valence-corrected chi connectivity index (χ0v) is 10.6. The number of nitrogens with one attached hydrogen (secondary N) is 1. The third-order valence-electron chi connectivity index (χ3n) is 5.55. The maximum Gasteiger partial charge on any atom is 0.304 e. The third kappa shape index (κ3) is 1.88. The number of carboxylic acids is 1. The average Bonchev–Trinajstić information content (AvgIpc) is 2.23. The monoisotopic (exact) mass is 237 g/mol. The summed E-state index contributed by atoms with van der Waals surface area (Å²) in [6, 6.07) is 0.188. The maximum absolute atomic E-state index is 11.0. The van der Waals surface area contributed by atoms with Crippen LogP contribution in [0.1, 0.15) is 44.9 Å². The zero-order chi connectivity index (χ0) is 12.0. The van der Waals surface area contributed by atoms with Crippen LogP contribution in [0.3, 0.4) is 0 Å². The van der Waals surface area contributed by atoms with Crippen molar-refractivity contribution < 1.29 is 9.90 Å². The molecule has 17 heavy (non-hydrogen) atoms. The van der Waals surface area contributed by atoms with Crippen molar-refractivity contribution in [1.29, 1.82) is 0 Å². The first-order valence-corrected chi connectivity index (χ1v) is 7.00. The predicted octanol–water partition coefficient (Wildman–Crippen LogP) is 2.27. The van der Waals surface area contributed by atoms with Gasteiger partial charge in [-0.3, -0.25) is 4.79 Å². The van der Waals surface area contributed by atoms with E-state index in [1.165, 1.54) is 38.5 Å². The van der Waals surface area contributed by atoms with Crippen molar-refractivity contribution in [1.82, 2.24) is 5.32 Å². The number of carboxylic acid groups (broad SMARTS) is 1. The van der Waals surface area contributed by atoms with Crippen molar-refractivity contribution in [3.05, 3.63) is 0 Å². The summed E-state index contributed by atoms with van der Waals surface area (Å²) in [5.74, 6) is 2.03. The highest BCUT2D eigenvalue weighted by Gasteiger charge is 2.54. The van der Waals surface area contributed by atoms with Gasteiger partial charge in [-0.1, -0.05) is 0 Å². The van der Waals surface area contributed by atoms with E-state index in [4.69, 9.17) is 5.11 Å². The number of hydrogen-bond acceptors (Lipinski definition) is 2. The normalized spacial score (nSPS) is 44.9. The molecule has 0 saturated heterocycles. The van der Waals surface area contributed by atoms with Gasteiger partial charge >= 0.3 is 5.97 Å². The zero-order valence-electron chi connectivity index (χ0n) is 10.6. The van der Waals surface area contributed by atoms with Crippen LogP contribution in [-0.2, 0) is 4.79 Å². The lowest BCUT2D eigenvalue weighted by Gasteiger charge is -2.59. The highest BCUT2D eigenvalue weighted by molar-refractivity contribution is 5.67. The van der Waals surface area contributed by atoms with E-state index >= 15 is 0 Å². The second-order valence-electron chi connectivity index (χ2n) is 6.72. The summed E-state index contributed by atoms with van der Waals surface area (Å²) in [4.78, 5) is 11.0. The van der Waals surface area contributed by atoms with Crippen molar-refractivity contribution in [3.63, 3.8) is 0 Å². The molecule has 4 saturated carbocycles. The van der Waals surface area contributed by atoms with Gasteiger partial charge in [0, 0.05) is 6.04 Å². The van der Waals surface area contributed by atoms with Crippen molar-refractivity contribution >= 4 is 5.97 Å². The van der Waals surface area contributed by atoms with Gasteiger partial charge in [0.25, 0.3) is 0 Å². The molecule has 0 aromatic carbocycles. The molecule has 2 N–H and O–H groups in total. The lowest BCUT2D eigenvalue weighted by molar-refractivity contribution is -0.141. The number of carbonyl (C=O) groups is 1. The van der Waals surface area contributed by atoms with Gasteiger partial charge in [0.15, 0.2) is 0 Å². The van der Waals surface area contributed by atoms with Crippen molar-refractivity contribution in [3.8, 4) is 0 Å². The molecular weight excluding hydrogens is 214 g/mol. The van der Waals surface area contributed by atoms with Gasteiger partial charge in [-0.2, -0.15) is 0 Å². The SMILES string of the molecule is CNC(CC(=O)O)C12CC3CC(CC(C3)C1)C2. The molecule has 1 atom stereocenters. The Bertz CT molecular complexity index is 291. The fourth-order valence-corrected chi connectivity index (χ4v) is 5.40. The molecule has 4 aliphatic rings. The van der Waals surface area contributed by atoms with Crippen LogP contribution in [0.5, 0.6) is 0 Å². The molecule has 0 spiro atoms. The summed E-state index contributed by atoms with van der Waals surface area (Å²) in [5, 5.41) is 12.4.